The largest absolute Gasteiger partial charge is 0.426 e. The summed E-state index contributed by atoms with van der Waals surface area (Å²) in [7, 11) is 1.71. The Morgan fingerprint density at radius 3 is 2.74 bits per heavy atom. The van der Waals surface area contributed by atoms with E-state index in [1.54, 1.807) is 38.2 Å². The van der Waals surface area contributed by atoms with Crippen LogP contribution in [0.15, 0.2) is 46.9 Å². The fourth-order valence-corrected chi connectivity index (χ4v) is 2.04. The number of hydrogen-bond donors (Lipinski definition) is 1. The number of para-hydroxylation sites is 1. The first kappa shape index (κ1) is 14.8. The van der Waals surface area contributed by atoms with Gasteiger partial charge in [-0.15, -0.1) is 5.10 Å². The number of carbonyl (C=O) groups is 1. The number of hydrogen-bond acceptors (Lipinski definition) is 6. The van der Waals surface area contributed by atoms with E-state index >= 15 is 0 Å². The Kier molecular flexibility index (Phi) is 4.05. The highest BCUT2D eigenvalue weighted by molar-refractivity contribution is 5.91. The highest BCUT2D eigenvalue weighted by atomic mass is 16.6. The molecule has 1 aromatic carbocycles. The maximum Gasteiger partial charge on any atom is 0.290 e. The van der Waals surface area contributed by atoms with Gasteiger partial charge < -0.3 is 14.5 Å². The lowest BCUT2D eigenvalue weighted by atomic mass is 10.3. The number of nitrogens with zero attached hydrogens (tertiary/aromatic N) is 4. The van der Waals surface area contributed by atoms with Crippen molar-refractivity contribution >= 4 is 5.91 Å². The second kappa shape index (κ2) is 6.30. The molecule has 0 radical (unpaired) electrons. The molecule has 3 rings (SSSR count). The van der Waals surface area contributed by atoms with Crippen LogP contribution in [0.4, 0.5) is 0 Å². The maximum absolute atomic E-state index is 12.2. The molecule has 0 aliphatic rings. The smallest absolute Gasteiger partial charge is 0.290 e. The van der Waals surface area contributed by atoms with Gasteiger partial charge in [0, 0.05) is 13.1 Å². The molecule has 0 saturated carbocycles. The first-order valence-corrected chi connectivity index (χ1v) is 6.99. The van der Waals surface area contributed by atoms with Crippen molar-refractivity contribution in [2.45, 2.75) is 13.0 Å². The molecule has 8 nitrogen and oxygen atoms in total. The zero-order valence-corrected chi connectivity index (χ0v) is 12.6. The van der Waals surface area contributed by atoms with Gasteiger partial charge >= 0.3 is 0 Å². The quantitative estimate of drug-likeness (QED) is 0.775. The van der Waals surface area contributed by atoms with Gasteiger partial charge in [-0.05, 0) is 35.5 Å². The molecule has 0 unspecified atom stereocenters. The summed E-state index contributed by atoms with van der Waals surface area (Å²) in [5.41, 5.74) is 0. The Balaban J connectivity index is 1.65. The van der Waals surface area contributed by atoms with Gasteiger partial charge in [0.2, 0.25) is 0 Å². The number of benzene rings is 1. The number of rotatable bonds is 5. The van der Waals surface area contributed by atoms with Crippen LogP contribution < -0.4 is 10.1 Å². The van der Waals surface area contributed by atoms with E-state index in [2.05, 4.69) is 20.8 Å². The molecular formula is C15H15N5O3. The van der Waals surface area contributed by atoms with Gasteiger partial charge in [0.15, 0.2) is 11.6 Å². The van der Waals surface area contributed by atoms with Crippen molar-refractivity contribution in [1.82, 2.24) is 25.5 Å². The van der Waals surface area contributed by atoms with Gasteiger partial charge in [-0.25, -0.2) is 4.68 Å². The lowest BCUT2D eigenvalue weighted by molar-refractivity contribution is 0.0904. The molecule has 1 atom stereocenters. The Morgan fingerprint density at radius 1 is 1.26 bits per heavy atom. The number of aryl methyl sites for hydroxylation is 1. The molecule has 2 heterocycles. The molecule has 3 aromatic rings. The summed E-state index contributed by atoms with van der Waals surface area (Å²) in [5, 5.41) is 13.9. The van der Waals surface area contributed by atoms with E-state index in [0.717, 1.165) is 0 Å². The van der Waals surface area contributed by atoms with E-state index in [1.165, 1.54) is 4.68 Å². The number of aromatic nitrogens is 4. The van der Waals surface area contributed by atoms with E-state index in [-0.39, 0.29) is 23.7 Å². The maximum atomic E-state index is 12.2. The van der Waals surface area contributed by atoms with Gasteiger partial charge in [-0.2, -0.15) is 0 Å². The van der Waals surface area contributed by atoms with Crippen LogP contribution in [-0.4, -0.2) is 26.1 Å². The van der Waals surface area contributed by atoms with Gasteiger partial charge in [0.25, 0.3) is 11.9 Å². The van der Waals surface area contributed by atoms with E-state index in [9.17, 15) is 4.79 Å². The van der Waals surface area contributed by atoms with E-state index in [1.807, 2.05) is 18.2 Å². The summed E-state index contributed by atoms with van der Waals surface area (Å²) in [5.74, 6) is 1.20. The second-order valence-electron chi connectivity index (χ2n) is 4.89. The minimum Gasteiger partial charge on any atom is -0.426 e. The predicted molar refractivity (Wildman–Crippen MR) is 79.9 cm³/mol. The van der Waals surface area contributed by atoms with Crippen LogP contribution in [0.1, 0.15) is 29.3 Å². The number of amides is 1. The summed E-state index contributed by atoms with van der Waals surface area (Å²) in [6.45, 7) is 1.79. The van der Waals surface area contributed by atoms with E-state index < -0.39 is 0 Å². The Morgan fingerprint density at radius 2 is 2.04 bits per heavy atom. The van der Waals surface area contributed by atoms with Gasteiger partial charge in [-0.1, -0.05) is 18.2 Å². The van der Waals surface area contributed by atoms with Crippen LogP contribution in [0.5, 0.6) is 11.7 Å². The molecule has 1 amide bonds. The Bertz CT molecular complexity index is 796. The normalized spacial score (nSPS) is 11.9. The lowest BCUT2D eigenvalue weighted by Crippen LogP contribution is -2.28. The first-order valence-electron chi connectivity index (χ1n) is 6.99. The average Bonchev–Trinajstić information content (AvgIpc) is 3.17. The fourth-order valence-electron chi connectivity index (χ4n) is 2.04. The van der Waals surface area contributed by atoms with Crippen LogP contribution in [0.25, 0.3) is 0 Å². The van der Waals surface area contributed by atoms with Crippen LogP contribution in [0, 0.1) is 0 Å². The average molecular weight is 313 g/mol. The predicted octanol–water partition coefficient (Wildman–Crippen LogP) is 2.09. The SMILES string of the molecule is C[C@@H](NC(=O)c1ccc(Oc2ccccc2)o1)c1nnnn1C. The summed E-state index contributed by atoms with van der Waals surface area (Å²) in [4.78, 5) is 12.2. The van der Waals surface area contributed by atoms with Crippen molar-refractivity contribution < 1.29 is 13.9 Å². The molecular weight excluding hydrogens is 298 g/mol. The van der Waals surface area contributed by atoms with E-state index in [4.69, 9.17) is 9.15 Å². The summed E-state index contributed by atoms with van der Waals surface area (Å²) in [6.07, 6.45) is 0. The highest BCUT2D eigenvalue weighted by Gasteiger charge is 2.19. The highest BCUT2D eigenvalue weighted by Crippen LogP contribution is 2.23. The Labute approximate surface area is 132 Å². The first-order chi connectivity index (χ1) is 11.1. The van der Waals surface area contributed by atoms with Crippen LogP contribution in [0.2, 0.25) is 0 Å². The van der Waals surface area contributed by atoms with E-state index in [0.29, 0.717) is 11.6 Å². The number of furan rings is 1. The molecule has 118 valence electrons. The van der Waals surface area contributed by atoms with Crippen molar-refractivity contribution in [3.63, 3.8) is 0 Å². The summed E-state index contributed by atoms with van der Waals surface area (Å²) in [6, 6.07) is 12.0. The molecule has 8 heteroatoms. The van der Waals surface area contributed by atoms with Crippen molar-refractivity contribution in [3.8, 4) is 11.7 Å². The molecule has 1 N–H and O–H groups in total. The molecule has 0 aliphatic heterocycles. The molecule has 0 bridgehead atoms. The van der Waals surface area contributed by atoms with Crippen LogP contribution in [0.3, 0.4) is 0 Å². The zero-order chi connectivity index (χ0) is 16.2. The summed E-state index contributed by atoms with van der Waals surface area (Å²) < 4.78 is 12.4. The lowest BCUT2D eigenvalue weighted by Gasteiger charge is -2.10. The van der Waals surface area contributed by atoms with Crippen LogP contribution >= 0.6 is 0 Å². The monoisotopic (exact) mass is 313 g/mol. The third kappa shape index (κ3) is 3.37. The fraction of sp³-hybridized carbons (Fsp3) is 0.200. The molecule has 0 aliphatic carbocycles. The van der Waals surface area contributed by atoms with Crippen molar-refractivity contribution in [2.24, 2.45) is 7.05 Å². The number of tetrazole rings is 1. The van der Waals surface area contributed by atoms with Gasteiger partial charge in [0.1, 0.15) is 5.75 Å². The minimum atomic E-state index is -0.372. The molecule has 0 spiro atoms. The van der Waals surface area contributed by atoms with Crippen molar-refractivity contribution in [1.29, 1.82) is 0 Å². The van der Waals surface area contributed by atoms with Gasteiger partial charge in [-0.3, -0.25) is 4.79 Å². The Hall–Kier alpha value is -3.16. The third-order valence-electron chi connectivity index (χ3n) is 3.15. The molecule has 0 fully saturated rings. The van der Waals surface area contributed by atoms with Gasteiger partial charge in [0.05, 0.1) is 6.04 Å². The topological polar surface area (TPSA) is 95.1 Å². The van der Waals surface area contributed by atoms with Crippen molar-refractivity contribution in [2.75, 3.05) is 0 Å². The standard InChI is InChI=1S/C15H15N5O3/c1-10(14-17-18-19-20(14)2)16-15(21)12-8-9-13(23-12)22-11-6-4-3-5-7-11/h3-10H,1-2H3,(H,16,21)/t10-/m1/s1. The molecule has 0 saturated heterocycles. The number of nitrogens with one attached hydrogen (secondary N) is 1. The number of carbonyl (C=O) groups excluding carboxylic acids is 1. The molecule has 2 aromatic heterocycles. The third-order valence-corrected chi connectivity index (χ3v) is 3.15. The minimum absolute atomic E-state index is 0.151. The second-order valence-corrected chi connectivity index (χ2v) is 4.89. The van der Waals surface area contributed by atoms with Crippen LogP contribution in [-0.2, 0) is 7.05 Å². The zero-order valence-electron chi connectivity index (χ0n) is 12.6. The summed E-state index contributed by atoms with van der Waals surface area (Å²) >= 11 is 0. The van der Waals surface area contributed by atoms with Crippen molar-refractivity contribution in [3.05, 3.63) is 54.0 Å². The number of ether oxygens (including phenoxy) is 1. The molecule has 23 heavy (non-hydrogen) atoms.